The first-order valence-electron chi connectivity index (χ1n) is 6.95. The van der Waals surface area contributed by atoms with Gasteiger partial charge in [-0.25, -0.2) is 5.43 Å². The van der Waals surface area contributed by atoms with E-state index in [0.29, 0.717) is 19.7 Å². The smallest absolute Gasteiger partial charge is 0.270 e. The van der Waals surface area contributed by atoms with Crippen LogP contribution in [0.5, 0.6) is 5.75 Å². The normalized spacial score (nSPS) is 10.7. The number of rotatable bonds is 6. The molecule has 0 radical (unpaired) electrons. The lowest BCUT2D eigenvalue weighted by Gasteiger charge is -2.10. The summed E-state index contributed by atoms with van der Waals surface area (Å²) >= 11 is 12.6. The standard InChI is InChI=1S/C15H11Br2ClN4O4/c16-11-4-9(18)5-12(17)15(11)19-7-14(24)21-20-6-8-3-10(22(25)26)1-2-13(8)23/h1-6,19,23H,7H2,(H,21,24)/b20-6-. The Kier molecular flexibility index (Phi) is 6.95. The molecule has 2 rings (SSSR count). The molecule has 11 heteroatoms. The van der Waals surface area contributed by atoms with Gasteiger partial charge >= 0.3 is 0 Å². The first-order chi connectivity index (χ1) is 12.3. The Bertz CT molecular complexity index is 869. The highest BCUT2D eigenvalue weighted by Gasteiger charge is 2.10. The molecule has 2 aromatic rings. The van der Waals surface area contributed by atoms with E-state index in [1.165, 1.54) is 6.07 Å². The zero-order valence-electron chi connectivity index (χ0n) is 12.9. The van der Waals surface area contributed by atoms with Crippen molar-refractivity contribution >= 4 is 67.0 Å². The zero-order chi connectivity index (χ0) is 19.3. The maximum atomic E-state index is 11.8. The van der Waals surface area contributed by atoms with E-state index in [0.717, 1.165) is 18.3 Å². The Labute approximate surface area is 169 Å². The third-order valence-corrected chi connectivity index (χ3v) is 4.52. The largest absolute Gasteiger partial charge is 0.507 e. The number of phenols is 1. The highest BCUT2D eigenvalue weighted by Crippen LogP contribution is 2.33. The van der Waals surface area contributed by atoms with Crippen LogP contribution in [0.15, 0.2) is 44.4 Å². The molecule has 26 heavy (non-hydrogen) atoms. The molecule has 8 nitrogen and oxygen atoms in total. The molecular formula is C15H11Br2ClN4O4. The molecule has 136 valence electrons. The van der Waals surface area contributed by atoms with E-state index in [9.17, 15) is 20.0 Å². The van der Waals surface area contributed by atoms with Crippen LogP contribution in [0.3, 0.4) is 0 Å². The Balaban J connectivity index is 1.96. The Hall–Kier alpha value is -2.17. The molecule has 2 aromatic carbocycles. The van der Waals surface area contributed by atoms with Crippen LogP contribution in [0.2, 0.25) is 5.02 Å². The minimum atomic E-state index is -0.596. The van der Waals surface area contributed by atoms with Gasteiger partial charge in [-0.05, 0) is 50.1 Å². The van der Waals surface area contributed by atoms with Gasteiger partial charge < -0.3 is 10.4 Å². The van der Waals surface area contributed by atoms with Gasteiger partial charge in [0.1, 0.15) is 5.75 Å². The molecule has 0 heterocycles. The molecule has 0 saturated heterocycles. The predicted molar refractivity (Wildman–Crippen MR) is 106 cm³/mol. The maximum Gasteiger partial charge on any atom is 0.270 e. The van der Waals surface area contributed by atoms with Crippen LogP contribution in [0, 0.1) is 10.1 Å². The van der Waals surface area contributed by atoms with Gasteiger partial charge in [0.05, 0.1) is 23.4 Å². The molecule has 0 saturated carbocycles. The molecule has 0 spiro atoms. The van der Waals surface area contributed by atoms with E-state index in [-0.39, 0.29) is 23.5 Å². The van der Waals surface area contributed by atoms with Crippen molar-refractivity contribution < 1.29 is 14.8 Å². The number of nitrogens with one attached hydrogen (secondary N) is 2. The van der Waals surface area contributed by atoms with Crippen LogP contribution >= 0.6 is 43.5 Å². The van der Waals surface area contributed by atoms with Crippen molar-refractivity contribution in [2.24, 2.45) is 5.10 Å². The van der Waals surface area contributed by atoms with Gasteiger partial charge in [0.15, 0.2) is 0 Å². The number of halogens is 3. The molecule has 0 aliphatic carbocycles. The fourth-order valence-corrected chi connectivity index (χ4v) is 3.80. The maximum absolute atomic E-state index is 11.8. The lowest BCUT2D eigenvalue weighted by molar-refractivity contribution is -0.384. The van der Waals surface area contributed by atoms with Crippen LogP contribution < -0.4 is 10.7 Å². The number of carbonyl (C=O) groups excluding carboxylic acids is 1. The average molecular weight is 507 g/mol. The van der Waals surface area contributed by atoms with E-state index in [1.54, 1.807) is 12.1 Å². The monoisotopic (exact) mass is 504 g/mol. The zero-order valence-corrected chi connectivity index (χ0v) is 16.8. The number of aromatic hydroxyl groups is 1. The lowest BCUT2D eigenvalue weighted by Crippen LogP contribution is -2.26. The SMILES string of the molecule is O=C(CNc1c(Br)cc(Cl)cc1Br)N/N=C\c1cc([N+](=O)[O-])ccc1O. The predicted octanol–water partition coefficient (Wildman–Crippen LogP) is 4.04. The van der Waals surface area contributed by atoms with E-state index in [4.69, 9.17) is 11.6 Å². The van der Waals surface area contributed by atoms with Crippen LogP contribution in [0.1, 0.15) is 5.56 Å². The number of amides is 1. The third kappa shape index (κ3) is 5.41. The number of nitro groups is 1. The molecule has 0 atom stereocenters. The first kappa shape index (κ1) is 20.1. The van der Waals surface area contributed by atoms with Crippen molar-refractivity contribution in [3.63, 3.8) is 0 Å². The van der Waals surface area contributed by atoms with E-state index in [1.807, 2.05) is 0 Å². The second-order valence-corrected chi connectivity index (χ2v) is 7.04. The first-order valence-corrected chi connectivity index (χ1v) is 8.92. The average Bonchev–Trinajstić information content (AvgIpc) is 2.55. The van der Waals surface area contributed by atoms with Crippen molar-refractivity contribution in [2.75, 3.05) is 11.9 Å². The van der Waals surface area contributed by atoms with Crippen molar-refractivity contribution in [1.82, 2.24) is 5.43 Å². The summed E-state index contributed by atoms with van der Waals surface area (Å²) in [4.78, 5) is 22.0. The van der Waals surface area contributed by atoms with Crippen LogP contribution in [-0.2, 0) is 4.79 Å². The van der Waals surface area contributed by atoms with Crippen LogP contribution in [0.25, 0.3) is 0 Å². The minimum Gasteiger partial charge on any atom is -0.507 e. The molecule has 0 aliphatic heterocycles. The molecule has 1 amide bonds. The van der Waals surface area contributed by atoms with Gasteiger partial charge in [-0.3, -0.25) is 14.9 Å². The summed E-state index contributed by atoms with van der Waals surface area (Å²) in [5.74, 6) is -0.652. The number of anilines is 1. The molecule has 0 unspecified atom stereocenters. The number of phenolic OH excluding ortho intramolecular Hbond substituents is 1. The van der Waals surface area contributed by atoms with Crippen molar-refractivity contribution in [2.45, 2.75) is 0 Å². The topological polar surface area (TPSA) is 117 Å². The number of benzene rings is 2. The van der Waals surface area contributed by atoms with Gasteiger partial charge in [-0.2, -0.15) is 5.10 Å². The highest BCUT2D eigenvalue weighted by molar-refractivity contribution is 9.11. The summed E-state index contributed by atoms with van der Waals surface area (Å²) < 4.78 is 1.35. The van der Waals surface area contributed by atoms with Gasteiger partial charge in [0.2, 0.25) is 0 Å². The summed E-state index contributed by atoms with van der Waals surface area (Å²) in [6, 6.07) is 6.84. The molecule has 0 fully saturated rings. The number of hydrogen-bond acceptors (Lipinski definition) is 6. The quantitative estimate of drug-likeness (QED) is 0.311. The second kappa shape index (κ2) is 8.97. The Morgan fingerprint density at radius 3 is 2.58 bits per heavy atom. The summed E-state index contributed by atoms with van der Waals surface area (Å²) in [7, 11) is 0. The van der Waals surface area contributed by atoms with Gasteiger partial charge in [-0.15, -0.1) is 0 Å². The van der Waals surface area contributed by atoms with Crippen LogP contribution in [-0.4, -0.2) is 28.7 Å². The number of carbonyl (C=O) groups is 1. The molecular weight excluding hydrogens is 495 g/mol. The van der Waals surface area contributed by atoms with Gasteiger partial charge in [0.25, 0.3) is 11.6 Å². The Morgan fingerprint density at radius 2 is 1.96 bits per heavy atom. The summed E-state index contributed by atoms with van der Waals surface area (Å²) in [6.45, 7) is -0.0862. The van der Waals surface area contributed by atoms with Crippen molar-refractivity contribution in [3.05, 3.63) is 60.0 Å². The number of nitro benzene ring substituents is 1. The molecule has 0 aliphatic rings. The van der Waals surface area contributed by atoms with E-state index < -0.39 is 10.8 Å². The van der Waals surface area contributed by atoms with Crippen molar-refractivity contribution in [1.29, 1.82) is 0 Å². The fraction of sp³-hybridized carbons (Fsp3) is 0.0667. The third-order valence-electron chi connectivity index (χ3n) is 3.05. The summed E-state index contributed by atoms with van der Waals surface area (Å²) in [5.41, 5.74) is 2.81. The van der Waals surface area contributed by atoms with Gasteiger partial charge in [0, 0.05) is 31.7 Å². The number of nitrogens with zero attached hydrogens (tertiary/aromatic N) is 2. The van der Waals surface area contributed by atoms with E-state index >= 15 is 0 Å². The number of non-ortho nitro benzene ring substituents is 1. The molecule has 3 N–H and O–H groups in total. The molecule has 0 aromatic heterocycles. The number of hydrazone groups is 1. The van der Waals surface area contributed by atoms with Crippen LogP contribution in [0.4, 0.5) is 11.4 Å². The van der Waals surface area contributed by atoms with E-state index in [2.05, 4.69) is 47.7 Å². The minimum absolute atomic E-state index is 0.0862. The number of hydrogen-bond donors (Lipinski definition) is 3. The highest BCUT2D eigenvalue weighted by atomic mass is 79.9. The Morgan fingerprint density at radius 1 is 1.31 bits per heavy atom. The summed E-state index contributed by atoms with van der Waals surface area (Å²) in [6.07, 6.45) is 1.12. The second-order valence-electron chi connectivity index (χ2n) is 4.89. The fourth-order valence-electron chi connectivity index (χ4n) is 1.85. The summed E-state index contributed by atoms with van der Waals surface area (Å²) in [5, 5.41) is 27.5. The van der Waals surface area contributed by atoms with Gasteiger partial charge in [-0.1, -0.05) is 11.6 Å². The lowest BCUT2D eigenvalue weighted by atomic mass is 10.2. The van der Waals surface area contributed by atoms with Crippen molar-refractivity contribution in [3.8, 4) is 5.75 Å². The molecule has 0 bridgehead atoms.